The molecule has 1 aliphatic rings. The van der Waals surface area contributed by atoms with Crippen LogP contribution in [0, 0.1) is 10.1 Å². The first-order chi connectivity index (χ1) is 13.0. The fraction of sp³-hybridized carbons (Fsp3) is 0.333. The lowest BCUT2D eigenvalue weighted by Gasteiger charge is -2.31. The third-order valence-electron chi connectivity index (χ3n) is 4.40. The Balaban J connectivity index is 2.21. The molecule has 0 fully saturated rings. The molecule has 3 rings (SSSR count). The van der Waals surface area contributed by atoms with Crippen LogP contribution in [0.25, 0.3) is 0 Å². The number of imidazole rings is 1. The van der Waals surface area contributed by atoms with E-state index >= 15 is 0 Å². The SMILES string of the molecule is CCOC(=O)C1=C(C)Nc2ncc(CCN)n2C1c1cccc([N+](=O)[O-])c1. The minimum atomic E-state index is -0.593. The van der Waals surface area contributed by atoms with E-state index in [4.69, 9.17) is 10.5 Å². The molecule has 0 spiro atoms. The lowest BCUT2D eigenvalue weighted by molar-refractivity contribution is -0.384. The molecular formula is C18H21N5O4. The number of nitrogens with zero attached hydrogens (tertiary/aromatic N) is 3. The summed E-state index contributed by atoms with van der Waals surface area (Å²) in [5, 5.41) is 14.4. The van der Waals surface area contributed by atoms with Gasteiger partial charge in [0.15, 0.2) is 0 Å². The van der Waals surface area contributed by atoms with E-state index in [1.54, 1.807) is 32.2 Å². The molecule has 9 heteroatoms. The number of hydrogen-bond acceptors (Lipinski definition) is 7. The number of nitrogens with two attached hydrogens (primary N) is 1. The average Bonchev–Trinajstić information content (AvgIpc) is 3.03. The van der Waals surface area contributed by atoms with Crippen LogP contribution in [0.1, 0.15) is 31.1 Å². The van der Waals surface area contributed by atoms with Crippen LogP contribution in [0.4, 0.5) is 11.6 Å². The van der Waals surface area contributed by atoms with Gasteiger partial charge in [0.05, 0.1) is 29.3 Å². The summed E-state index contributed by atoms with van der Waals surface area (Å²) < 4.78 is 7.10. The second kappa shape index (κ2) is 7.58. The number of carbonyl (C=O) groups is 1. The van der Waals surface area contributed by atoms with Gasteiger partial charge in [-0.2, -0.15) is 0 Å². The lowest BCUT2D eigenvalue weighted by atomic mass is 9.94. The van der Waals surface area contributed by atoms with Crippen LogP contribution in [0.3, 0.4) is 0 Å². The summed E-state index contributed by atoms with van der Waals surface area (Å²) in [6, 6.07) is 5.65. The van der Waals surface area contributed by atoms with Crippen molar-refractivity contribution in [2.45, 2.75) is 26.3 Å². The van der Waals surface area contributed by atoms with Gasteiger partial charge in [0.25, 0.3) is 5.69 Å². The Kier molecular flexibility index (Phi) is 5.22. The van der Waals surface area contributed by atoms with Crippen LogP contribution in [0.2, 0.25) is 0 Å². The Hall–Kier alpha value is -3.20. The van der Waals surface area contributed by atoms with Gasteiger partial charge in [-0.25, -0.2) is 9.78 Å². The molecule has 1 aromatic carbocycles. The highest BCUT2D eigenvalue weighted by atomic mass is 16.6. The molecule has 1 aliphatic heterocycles. The van der Waals surface area contributed by atoms with E-state index in [2.05, 4.69) is 10.3 Å². The van der Waals surface area contributed by atoms with Crippen LogP contribution < -0.4 is 11.1 Å². The van der Waals surface area contributed by atoms with Gasteiger partial charge in [0.2, 0.25) is 5.95 Å². The van der Waals surface area contributed by atoms with Crippen molar-refractivity contribution in [1.82, 2.24) is 9.55 Å². The summed E-state index contributed by atoms with van der Waals surface area (Å²) in [4.78, 5) is 27.9. The zero-order chi connectivity index (χ0) is 19.6. The van der Waals surface area contributed by atoms with Gasteiger partial charge >= 0.3 is 5.97 Å². The fourth-order valence-electron chi connectivity index (χ4n) is 3.28. The van der Waals surface area contributed by atoms with Gasteiger partial charge in [-0.05, 0) is 26.0 Å². The molecule has 0 amide bonds. The molecule has 0 bridgehead atoms. The van der Waals surface area contributed by atoms with Crippen molar-refractivity contribution >= 4 is 17.6 Å². The van der Waals surface area contributed by atoms with E-state index in [1.165, 1.54) is 12.1 Å². The smallest absolute Gasteiger partial charge is 0.338 e. The molecular weight excluding hydrogens is 350 g/mol. The van der Waals surface area contributed by atoms with Crippen molar-refractivity contribution < 1.29 is 14.5 Å². The normalized spacial score (nSPS) is 15.9. The number of hydrogen-bond donors (Lipinski definition) is 2. The molecule has 0 radical (unpaired) electrons. The molecule has 2 heterocycles. The third-order valence-corrected chi connectivity index (χ3v) is 4.40. The van der Waals surface area contributed by atoms with Gasteiger partial charge in [0, 0.05) is 29.9 Å². The van der Waals surface area contributed by atoms with Crippen molar-refractivity contribution in [3.8, 4) is 0 Å². The highest BCUT2D eigenvalue weighted by Gasteiger charge is 2.35. The van der Waals surface area contributed by atoms with Crippen LogP contribution in [0.15, 0.2) is 41.7 Å². The number of carbonyl (C=O) groups excluding carboxylic acids is 1. The summed E-state index contributed by atoms with van der Waals surface area (Å²) in [7, 11) is 0. The first-order valence-corrected chi connectivity index (χ1v) is 8.63. The zero-order valence-corrected chi connectivity index (χ0v) is 15.1. The maximum atomic E-state index is 12.7. The summed E-state index contributed by atoms with van der Waals surface area (Å²) in [6.07, 6.45) is 2.25. The third kappa shape index (κ3) is 3.41. The maximum absolute atomic E-state index is 12.7. The number of nitro groups is 1. The van der Waals surface area contributed by atoms with Gasteiger partial charge < -0.3 is 20.4 Å². The predicted octanol–water partition coefficient (Wildman–Crippen LogP) is 2.14. The van der Waals surface area contributed by atoms with Crippen molar-refractivity contribution in [2.75, 3.05) is 18.5 Å². The minimum Gasteiger partial charge on any atom is -0.463 e. The monoisotopic (exact) mass is 371 g/mol. The summed E-state index contributed by atoms with van der Waals surface area (Å²) in [6.45, 7) is 4.13. The number of benzene rings is 1. The first-order valence-electron chi connectivity index (χ1n) is 8.63. The van der Waals surface area contributed by atoms with Gasteiger partial charge in [-0.15, -0.1) is 0 Å². The van der Waals surface area contributed by atoms with Crippen molar-refractivity contribution in [2.24, 2.45) is 5.73 Å². The molecule has 27 heavy (non-hydrogen) atoms. The van der Waals surface area contributed by atoms with E-state index in [1.807, 2.05) is 4.57 Å². The number of esters is 1. The van der Waals surface area contributed by atoms with Crippen molar-refractivity contribution in [3.05, 3.63) is 63.1 Å². The molecule has 1 aromatic heterocycles. The van der Waals surface area contributed by atoms with E-state index < -0.39 is 16.9 Å². The molecule has 0 aliphatic carbocycles. The highest BCUT2D eigenvalue weighted by molar-refractivity contribution is 5.92. The summed E-state index contributed by atoms with van der Waals surface area (Å²) >= 11 is 0. The number of aromatic nitrogens is 2. The van der Waals surface area contributed by atoms with Crippen molar-refractivity contribution in [1.29, 1.82) is 0 Å². The Morgan fingerprint density at radius 2 is 2.26 bits per heavy atom. The Labute approximate surface area is 156 Å². The van der Waals surface area contributed by atoms with Crippen LogP contribution in [0.5, 0.6) is 0 Å². The summed E-state index contributed by atoms with van der Waals surface area (Å²) in [5.74, 6) is 0.0811. The molecule has 3 N–H and O–H groups in total. The van der Waals surface area contributed by atoms with Crippen LogP contribution in [-0.4, -0.2) is 33.6 Å². The van der Waals surface area contributed by atoms with E-state index in [-0.39, 0.29) is 12.3 Å². The lowest BCUT2D eigenvalue weighted by Crippen LogP contribution is -2.30. The number of rotatable bonds is 6. The second-order valence-electron chi connectivity index (χ2n) is 6.12. The van der Waals surface area contributed by atoms with E-state index in [9.17, 15) is 14.9 Å². The number of ether oxygens (including phenoxy) is 1. The predicted molar refractivity (Wildman–Crippen MR) is 99.2 cm³/mol. The Morgan fingerprint density at radius 1 is 1.48 bits per heavy atom. The van der Waals surface area contributed by atoms with Gasteiger partial charge in [-0.1, -0.05) is 12.1 Å². The Bertz CT molecular complexity index is 918. The van der Waals surface area contributed by atoms with Crippen LogP contribution >= 0.6 is 0 Å². The molecule has 142 valence electrons. The second-order valence-corrected chi connectivity index (χ2v) is 6.12. The number of nitro benzene ring substituents is 1. The number of nitrogens with one attached hydrogen (secondary N) is 1. The molecule has 0 saturated carbocycles. The average molecular weight is 371 g/mol. The standard InChI is InChI=1S/C18H21N5O4/c1-3-27-17(24)15-11(2)21-18-20-10-14(7-8-19)22(18)16(15)12-5-4-6-13(9-12)23(25)26/h4-6,9-10,16H,3,7-8,19H2,1-2H3,(H,20,21). The van der Waals surface area contributed by atoms with Crippen molar-refractivity contribution in [3.63, 3.8) is 0 Å². The Morgan fingerprint density at radius 3 is 2.93 bits per heavy atom. The topological polar surface area (TPSA) is 125 Å². The zero-order valence-electron chi connectivity index (χ0n) is 15.1. The molecule has 2 aromatic rings. The number of fused-ring (bicyclic) bond motifs is 1. The first kappa shape index (κ1) is 18.6. The maximum Gasteiger partial charge on any atom is 0.338 e. The number of allylic oxidation sites excluding steroid dienone is 1. The van der Waals surface area contributed by atoms with E-state index in [0.29, 0.717) is 35.7 Å². The molecule has 9 nitrogen and oxygen atoms in total. The number of non-ortho nitro benzene ring substituents is 1. The largest absolute Gasteiger partial charge is 0.463 e. The minimum absolute atomic E-state index is 0.0473. The van der Waals surface area contributed by atoms with Gasteiger partial charge in [-0.3, -0.25) is 10.1 Å². The fourth-order valence-corrected chi connectivity index (χ4v) is 3.28. The molecule has 1 unspecified atom stereocenters. The summed E-state index contributed by atoms with van der Waals surface area (Å²) in [5.41, 5.74) is 8.09. The van der Waals surface area contributed by atoms with E-state index in [0.717, 1.165) is 5.69 Å². The quantitative estimate of drug-likeness (QED) is 0.453. The molecule has 1 atom stereocenters. The molecule has 0 saturated heterocycles. The van der Waals surface area contributed by atoms with Gasteiger partial charge in [0.1, 0.15) is 0 Å². The van der Waals surface area contributed by atoms with Crippen LogP contribution in [-0.2, 0) is 16.0 Å². The highest BCUT2D eigenvalue weighted by Crippen LogP contribution is 2.38. The number of anilines is 1.